The van der Waals surface area contributed by atoms with Crippen molar-refractivity contribution in [3.8, 4) is 0 Å². The molecule has 1 heterocycles. The first-order chi connectivity index (χ1) is 7.93. The second-order valence-corrected chi connectivity index (χ2v) is 5.39. The first-order valence-corrected chi connectivity index (χ1v) is 6.66. The molecule has 2 unspecified atom stereocenters. The van der Waals surface area contributed by atoms with Crippen LogP contribution in [0.2, 0.25) is 0 Å². The van der Waals surface area contributed by atoms with E-state index in [4.69, 9.17) is 5.11 Å². The van der Waals surface area contributed by atoms with E-state index in [1.54, 1.807) is 6.92 Å². The number of rotatable bonds is 4. The summed E-state index contributed by atoms with van der Waals surface area (Å²) in [5.74, 6) is -1.01. The maximum Gasteiger partial charge on any atom is 0.327 e. The zero-order valence-electron chi connectivity index (χ0n) is 9.25. The van der Waals surface area contributed by atoms with Crippen molar-refractivity contribution in [1.29, 1.82) is 0 Å². The van der Waals surface area contributed by atoms with Crippen LogP contribution < -0.4 is 5.32 Å². The summed E-state index contributed by atoms with van der Waals surface area (Å²) >= 11 is 5.30. The van der Waals surface area contributed by atoms with Crippen molar-refractivity contribution in [2.75, 3.05) is 18.2 Å². The molecule has 2 atom stereocenters. The van der Waals surface area contributed by atoms with Crippen molar-refractivity contribution in [2.24, 2.45) is 0 Å². The monoisotopic (exact) mass is 278 g/mol. The number of thiol groups is 1. The highest BCUT2D eigenvalue weighted by atomic mass is 32.2. The Labute approximate surface area is 109 Å². The largest absolute Gasteiger partial charge is 0.480 e. The highest BCUT2D eigenvalue weighted by Gasteiger charge is 2.34. The van der Waals surface area contributed by atoms with Gasteiger partial charge in [0.05, 0.1) is 17.7 Å². The third-order valence-electron chi connectivity index (χ3n) is 2.28. The highest BCUT2D eigenvalue weighted by Crippen LogP contribution is 2.20. The number of carboxylic acid groups (broad SMARTS) is 1. The number of amides is 2. The third-order valence-corrected chi connectivity index (χ3v) is 3.53. The number of hydrogen-bond donors (Lipinski definition) is 3. The molecule has 0 bridgehead atoms. The molecular formula is C9H14N2O4S2. The molecular weight excluding hydrogens is 264 g/mol. The minimum atomic E-state index is -1.02. The lowest BCUT2D eigenvalue weighted by molar-refractivity contribution is -0.147. The molecule has 0 spiro atoms. The van der Waals surface area contributed by atoms with Crippen molar-refractivity contribution >= 4 is 42.2 Å². The van der Waals surface area contributed by atoms with Crippen molar-refractivity contribution in [3.63, 3.8) is 0 Å². The van der Waals surface area contributed by atoms with Gasteiger partial charge in [-0.25, -0.2) is 4.79 Å². The average Bonchev–Trinajstić information content (AvgIpc) is 2.73. The zero-order valence-corrected chi connectivity index (χ0v) is 11.0. The van der Waals surface area contributed by atoms with E-state index in [1.807, 2.05) is 0 Å². The van der Waals surface area contributed by atoms with Crippen LogP contribution in [0.15, 0.2) is 0 Å². The standard InChI is InChI=1S/C9H14N2O4S2/c1-5(16)8(13)10-2-7(12)11-4-17-3-6(11)9(14)15/h5-6,16H,2-4H2,1H3,(H,10,13)(H,14,15). The van der Waals surface area contributed by atoms with E-state index in [-0.39, 0.29) is 18.4 Å². The average molecular weight is 278 g/mol. The van der Waals surface area contributed by atoms with Crippen LogP contribution in [0.25, 0.3) is 0 Å². The van der Waals surface area contributed by atoms with Crippen LogP contribution in [0.1, 0.15) is 6.92 Å². The van der Waals surface area contributed by atoms with E-state index in [9.17, 15) is 14.4 Å². The van der Waals surface area contributed by atoms with Gasteiger partial charge in [0.25, 0.3) is 0 Å². The molecule has 6 nitrogen and oxygen atoms in total. The Bertz CT molecular complexity index is 335. The summed E-state index contributed by atoms with van der Waals surface area (Å²) in [5.41, 5.74) is 0. The van der Waals surface area contributed by atoms with Crippen LogP contribution in [-0.2, 0) is 14.4 Å². The number of carbonyl (C=O) groups excluding carboxylic acids is 2. The molecule has 8 heteroatoms. The van der Waals surface area contributed by atoms with Gasteiger partial charge in [0.1, 0.15) is 6.04 Å². The summed E-state index contributed by atoms with van der Waals surface area (Å²) in [6.45, 7) is 1.41. The lowest BCUT2D eigenvalue weighted by Gasteiger charge is -2.20. The fourth-order valence-corrected chi connectivity index (χ4v) is 2.57. The van der Waals surface area contributed by atoms with E-state index in [2.05, 4.69) is 17.9 Å². The van der Waals surface area contributed by atoms with Gasteiger partial charge in [0, 0.05) is 5.75 Å². The summed E-state index contributed by atoms with van der Waals surface area (Å²) in [6.07, 6.45) is 0. The quantitative estimate of drug-likeness (QED) is 0.598. The number of nitrogens with one attached hydrogen (secondary N) is 1. The molecule has 17 heavy (non-hydrogen) atoms. The Hall–Kier alpha value is -0.890. The second kappa shape index (κ2) is 6.15. The fourth-order valence-electron chi connectivity index (χ4n) is 1.31. The Morgan fingerprint density at radius 3 is 2.76 bits per heavy atom. The summed E-state index contributed by atoms with van der Waals surface area (Å²) < 4.78 is 0. The molecule has 0 aromatic carbocycles. The minimum absolute atomic E-state index is 0.186. The van der Waals surface area contributed by atoms with Gasteiger partial charge in [-0.1, -0.05) is 0 Å². The van der Waals surface area contributed by atoms with Crippen LogP contribution in [-0.4, -0.2) is 57.3 Å². The molecule has 0 radical (unpaired) electrons. The molecule has 1 aliphatic heterocycles. The Morgan fingerprint density at radius 2 is 2.24 bits per heavy atom. The topological polar surface area (TPSA) is 86.7 Å². The number of carboxylic acids is 1. The normalized spacial score (nSPS) is 21.1. The molecule has 96 valence electrons. The van der Waals surface area contributed by atoms with Gasteiger partial charge in [-0.05, 0) is 6.92 Å². The van der Waals surface area contributed by atoms with Gasteiger partial charge in [0.15, 0.2) is 0 Å². The van der Waals surface area contributed by atoms with Gasteiger partial charge in [0.2, 0.25) is 11.8 Å². The number of carbonyl (C=O) groups is 3. The van der Waals surface area contributed by atoms with Crippen LogP contribution in [0.4, 0.5) is 0 Å². The summed E-state index contributed by atoms with van der Waals surface area (Å²) in [4.78, 5) is 35.0. The fraction of sp³-hybridized carbons (Fsp3) is 0.667. The molecule has 2 amide bonds. The van der Waals surface area contributed by atoms with E-state index in [0.29, 0.717) is 11.6 Å². The van der Waals surface area contributed by atoms with Crippen molar-refractivity contribution in [2.45, 2.75) is 18.2 Å². The number of thioether (sulfide) groups is 1. The summed E-state index contributed by atoms with van der Waals surface area (Å²) in [5, 5.41) is 10.8. The molecule has 2 N–H and O–H groups in total. The van der Waals surface area contributed by atoms with Crippen molar-refractivity contribution in [1.82, 2.24) is 10.2 Å². The number of hydrogen-bond acceptors (Lipinski definition) is 5. The number of aliphatic carboxylic acids is 1. The van der Waals surface area contributed by atoms with Crippen LogP contribution >= 0.6 is 24.4 Å². The van der Waals surface area contributed by atoms with Gasteiger partial charge in [-0.2, -0.15) is 12.6 Å². The van der Waals surface area contributed by atoms with E-state index in [1.165, 1.54) is 16.7 Å². The van der Waals surface area contributed by atoms with Crippen LogP contribution in [0, 0.1) is 0 Å². The Morgan fingerprint density at radius 1 is 1.59 bits per heavy atom. The Balaban J connectivity index is 2.47. The van der Waals surface area contributed by atoms with Gasteiger partial charge >= 0.3 is 5.97 Å². The van der Waals surface area contributed by atoms with E-state index in [0.717, 1.165) is 0 Å². The summed E-state index contributed by atoms with van der Waals surface area (Å²) in [6, 6.07) is -0.794. The first-order valence-electron chi connectivity index (χ1n) is 4.99. The zero-order chi connectivity index (χ0) is 13.0. The second-order valence-electron chi connectivity index (χ2n) is 3.61. The van der Waals surface area contributed by atoms with Crippen molar-refractivity contribution in [3.05, 3.63) is 0 Å². The molecule has 0 aromatic heterocycles. The van der Waals surface area contributed by atoms with E-state index >= 15 is 0 Å². The molecule has 1 rings (SSSR count). The highest BCUT2D eigenvalue weighted by molar-refractivity contribution is 7.99. The lowest BCUT2D eigenvalue weighted by atomic mass is 10.3. The molecule has 1 aliphatic rings. The van der Waals surface area contributed by atoms with Gasteiger partial charge in [-0.3, -0.25) is 9.59 Å². The minimum Gasteiger partial charge on any atom is -0.480 e. The molecule has 1 fully saturated rings. The van der Waals surface area contributed by atoms with Crippen LogP contribution in [0.5, 0.6) is 0 Å². The third kappa shape index (κ3) is 3.81. The van der Waals surface area contributed by atoms with Gasteiger partial charge in [-0.15, -0.1) is 11.8 Å². The molecule has 1 saturated heterocycles. The predicted octanol–water partition coefficient (Wildman–Crippen LogP) is -0.593. The molecule has 0 saturated carbocycles. The smallest absolute Gasteiger partial charge is 0.327 e. The van der Waals surface area contributed by atoms with Gasteiger partial charge < -0.3 is 15.3 Å². The maximum atomic E-state index is 11.7. The molecule has 0 aromatic rings. The van der Waals surface area contributed by atoms with Crippen molar-refractivity contribution < 1.29 is 19.5 Å². The predicted molar refractivity (Wildman–Crippen MR) is 67.1 cm³/mol. The first kappa shape index (κ1) is 14.2. The molecule has 0 aliphatic carbocycles. The van der Waals surface area contributed by atoms with Crippen LogP contribution in [0.3, 0.4) is 0 Å². The van der Waals surface area contributed by atoms with E-state index < -0.39 is 17.3 Å². The Kier molecular flexibility index (Phi) is 5.13. The summed E-state index contributed by atoms with van der Waals surface area (Å²) in [7, 11) is 0. The maximum absolute atomic E-state index is 11.7. The number of nitrogens with zero attached hydrogens (tertiary/aromatic N) is 1. The SMILES string of the molecule is CC(S)C(=O)NCC(=O)N1CSCC1C(=O)O. The lowest BCUT2D eigenvalue weighted by Crippen LogP contribution is -2.47.